The molecule has 1 aliphatic rings. The lowest BCUT2D eigenvalue weighted by Crippen LogP contribution is -2.32. The van der Waals surface area contributed by atoms with Gasteiger partial charge in [-0.2, -0.15) is 0 Å². The molecule has 2 rings (SSSR count). The molecule has 1 aromatic heterocycles. The summed E-state index contributed by atoms with van der Waals surface area (Å²) in [5.74, 6) is 2.72. The van der Waals surface area contributed by atoms with Gasteiger partial charge in [-0.15, -0.1) is 0 Å². The minimum Gasteiger partial charge on any atom is -0.396 e. The van der Waals surface area contributed by atoms with Crippen molar-refractivity contribution < 1.29 is 5.11 Å². The average molecular weight is 278 g/mol. The van der Waals surface area contributed by atoms with Crippen molar-refractivity contribution in [2.24, 2.45) is 5.41 Å². The molecule has 0 amide bonds. The fourth-order valence-corrected chi connectivity index (χ4v) is 2.30. The zero-order valence-corrected chi connectivity index (χ0v) is 12.7. The van der Waals surface area contributed by atoms with E-state index in [4.69, 9.17) is 5.73 Å². The lowest BCUT2D eigenvalue weighted by Gasteiger charge is -2.30. The lowest BCUT2D eigenvalue weighted by atomic mass is 9.83. The molecule has 20 heavy (non-hydrogen) atoms. The average Bonchev–Trinajstić information content (AvgIpc) is 3.29. The quantitative estimate of drug-likeness (QED) is 0.713. The normalized spacial score (nSPS) is 15.4. The highest BCUT2D eigenvalue weighted by molar-refractivity contribution is 5.55. The number of nitrogens with two attached hydrogens (primary N) is 1. The Morgan fingerprint density at radius 2 is 1.95 bits per heavy atom. The summed E-state index contributed by atoms with van der Waals surface area (Å²) in [5.41, 5.74) is 6.79. The first kappa shape index (κ1) is 15.0. The predicted octanol–water partition coefficient (Wildman–Crippen LogP) is 2.46. The van der Waals surface area contributed by atoms with Crippen LogP contribution in [-0.2, 0) is 0 Å². The van der Waals surface area contributed by atoms with Crippen LogP contribution in [0.4, 0.5) is 11.6 Å². The monoisotopic (exact) mass is 278 g/mol. The Morgan fingerprint density at radius 3 is 2.45 bits per heavy atom. The topological polar surface area (TPSA) is 84.1 Å². The molecular weight excluding hydrogens is 252 g/mol. The van der Waals surface area contributed by atoms with E-state index in [1.807, 2.05) is 6.92 Å². The van der Waals surface area contributed by atoms with Crippen molar-refractivity contribution in [1.29, 1.82) is 0 Å². The van der Waals surface area contributed by atoms with E-state index in [0.717, 1.165) is 42.9 Å². The van der Waals surface area contributed by atoms with Crippen LogP contribution in [0.3, 0.4) is 0 Å². The molecule has 0 spiro atoms. The number of nitrogens with one attached hydrogen (secondary N) is 1. The Kier molecular flexibility index (Phi) is 4.48. The molecule has 0 saturated heterocycles. The van der Waals surface area contributed by atoms with E-state index in [0.29, 0.717) is 18.3 Å². The van der Waals surface area contributed by atoms with Gasteiger partial charge in [-0.1, -0.05) is 13.8 Å². The second-order valence-electron chi connectivity index (χ2n) is 5.93. The SMILES string of the molecule is CCC(CC)(CO)CNc1nc(C2CC2)nc(N)c1C. The van der Waals surface area contributed by atoms with Crippen molar-refractivity contribution in [3.8, 4) is 0 Å². The van der Waals surface area contributed by atoms with Gasteiger partial charge >= 0.3 is 0 Å². The molecule has 1 aromatic rings. The van der Waals surface area contributed by atoms with Gasteiger partial charge in [0.25, 0.3) is 0 Å². The number of anilines is 2. The molecule has 112 valence electrons. The Labute approximate surface area is 121 Å². The van der Waals surface area contributed by atoms with Crippen LogP contribution in [0.15, 0.2) is 0 Å². The maximum atomic E-state index is 9.63. The van der Waals surface area contributed by atoms with E-state index < -0.39 is 0 Å². The fourth-order valence-electron chi connectivity index (χ4n) is 2.30. The highest BCUT2D eigenvalue weighted by Crippen LogP contribution is 2.39. The molecule has 0 bridgehead atoms. The van der Waals surface area contributed by atoms with Crippen LogP contribution in [-0.4, -0.2) is 28.2 Å². The van der Waals surface area contributed by atoms with Gasteiger partial charge in [-0.3, -0.25) is 0 Å². The van der Waals surface area contributed by atoms with Crippen molar-refractivity contribution in [2.75, 3.05) is 24.2 Å². The van der Waals surface area contributed by atoms with E-state index >= 15 is 0 Å². The van der Waals surface area contributed by atoms with E-state index in [2.05, 4.69) is 29.1 Å². The third kappa shape index (κ3) is 3.03. The third-order valence-corrected chi connectivity index (χ3v) is 4.61. The standard InChI is InChI=1S/C15H26N4O/c1-4-15(5-2,9-20)8-17-13-10(3)12(16)18-14(19-13)11-6-7-11/h11,20H,4-9H2,1-3H3,(H3,16,17,18,19). The molecule has 5 heteroatoms. The van der Waals surface area contributed by atoms with Crippen LogP contribution in [0, 0.1) is 12.3 Å². The van der Waals surface area contributed by atoms with Gasteiger partial charge < -0.3 is 16.2 Å². The second kappa shape index (κ2) is 5.95. The van der Waals surface area contributed by atoms with Crippen LogP contribution >= 0.6 is 0 Å². The Bertz CT molecular complexity index is 459. The maximum absolute atomic E-state index is 9.63. The summed E-state index contributed by atoms with van der Waals surface area (Å²) >= 11 is 0. The number of aliphatic hydroxyl groups excluding tert-OH is 1. The molecule has 0 aliphatic heterocycles. The van der Waals surface area contributed by atoms with Gasteiger partial charge in [0, 0.05) is 23.4 Å². The molecule has 1 fully saturated rings. The summed E-state index contributed by atoms with van der Waals surface area (Å²) in [4.78, 5) is 8.99. The molecule has 0 aromatic carbocycles. The van der Waals surface area contributed by atoms with Crippen LogP contribution in [0.5, 0.6) is 0 Å². The van der Waals surface area contributed by atoms with Crippen LogP contribution in [0.1, 0.15) is 56.8 Å². The van der Waals surface area contributed by atoms with E-state index in [1.165, 1.54) is 0 Å². The van der Waals surface area contributed by atoms with Crippen molar-refractivity contribution in [3.63, 3.8) is 0 Å². The number of hydrogen-bond acceptors (Lipinski definition) is 5. The van der Waals surface area contributed by atoms with Crippen LogP contribution < -0.4 is 11.1 Å². The molecule has 0 atom stereocenters. The lowest BCUT2D eigenvalue weighted by molar-refractivity contribution is 0.127. The molecule has 1 saturated carbocycles. The summed E-state index contributed by atoms with van der Waals surface area (Å²) in [7, 11) is 0. The Morgan fingerprint density at radius 1 is 1.30 bits per heavy atom. The number of nitrogens with zero attached hydrogens (tertiary/aromatic N) is 2. The summed E-state index contributed by atoms with van der Waals surface area (Å²) in [5, 5.41) is 13.0. The van der Waals surface area contributed by atoms with Gasteiger partial charge in [0.05, 0.1) is 6.61 Å². The maximum Gasteiger partial charge on any atom is 0.136 e. The largest absolute Gasteiger partial charge is 0.396 e. The summed E-state index contributed by atoms with van der Waals surface area (Å²) in [6.45, 7) is 7.04. The smallest absolute Gasteiger partial charge is 0.136 e. The fraction of sp³-hybridized carbons (Fsp3) is 0.733. The number of nitrogen functional groups attached to an aromatic ring is 1. The minimum atomic E-state index is -0.0914. The van der Waals surface area contributed by atoms with E-state index in [9.17, 15) is 5.11 Å². The first-order chi connectivity index (χ1) is 9.55. The number of aromatic nitrogens is 2. The van der Waals surface area contributed by atoms with Gasteiger partial charge in [0.2, 0.25) is 0 Å². The zero-order chi connectivity index (χ0) is 14.8. The highest BCUT2D eigenvalue weighted by Gasteiger charge is 2.29. The van der Waals surface area contributed by atoms with Crippen molar-refractivity contribution in [3.05, 3.63) is 11.4 Å². The van der Waals surface area contributed by atoms with Gasteiger partial charge in [-0.05, 0) is 32.6 Å². The number of rotatable bonds is 7. The second-order valence-corrected chi connectivity index (χ2v) is 5.93. The predicted molar refractivity (Wildman–Crippen MR) is 81.7 cm³/mol. The summed E-state index contributed by atoms with van der Waals surface area (Å²) < 4.78 is 0. The molecular formula is C15H26N4O. The van der Waals surface area contributed by atoms with E-state index in [-0.39, 0.29) is 12.0 Å². The molecule has 5 nitrogen and oxygen atoms in total. The number of aliphatic hydroxyl groups is 1. The Balaban J connectivity index is 2.16. The summed E-state index contributed by atoms with van der Waals surface area (Å²) in [6, 6.07) is 0. The third-order valence-electron chi connectivity index (χ3n) is 4.61. The first-order valence-corrected chi connectivity index (χ1v) is 7.54. The van der Waals surface area contributed by atoms with Crippen molar-refractivity contribution >= 4 is 11.6 Å². The van der Waals surface area contributed by atoms with Crippen molar-refractivity contribution in [2.45, 2.75) is 52.4 Å². The zero-order valence-electron chi connectivity index (χ0n) is 12.7. The van der Waals surface area contributed by atoms with E-state index in [1.54, 1.807) is 0 Å². The minimum absolute atomic E-state index is 0.0914. The highest BCUT2D eigenvalue weighted by atomic mass is 16.3. The van der Waals surface area contributed by atoms with Crippen molar-refractivity contribution in [1.82, 2.24) is 9.97 Å². The summed E-state index contributed by atoms with van der Waals surface area (Å²) in [6.07, 6.45) is 4.18. The molecule has 4 N–H and O–H groups in total. The molecule has 0 radical (unpaired) electrons. The van der Waals surface area contributed by atoms with Gasteiger partial charge in [0.1, 0.15) is 17.5 Å². The van der Waals surface area contributed by atoms with Crippen LogP contribution in [0.2, 0.25) is 0 Å². The Hall–Kier alpha value is -1.36. The van der Waals surface area contributed by atoms with Gasteiger partial charge in [0.15, 0.2) is 0 Å². The van der Waals surface area contributed by atoms with Gasteiger partial charge in [-0.25, -0.2) is 9.97 Å². The molecule has 1 heterocycles. The van der Waals surface area contributed by atoms with Crippen LogP contribution in [0.25, 0.3) is 0 Å². The number of hydrogen-bond donors (Lipinski definition) is 3. The molecule has 1 aliphatic carbocycles. The molecule has 0 unspecified atom stereocenters. The first-order valence-electron chi connectivity index (χ1n) is 7.54.